The number of hydrogen-bond acceptors (Lipinski definition) is 3. The van der Waals surface area contributed by atoms with Gasteiger partial charge in [0.2, 0.25) is 0 Å². The monoisotopic (exact) mass is 397 g/mol. The van der Waals surface area contributed by atoms with Gasteiger partial charge in [-0.25, -0.2) is 4.68 Å². The van der Waals surface area contributed by atoms with Gasteiger partial charge in [0, 0.05) is 36.5 Å². The lowest BCUT2D eigenvalue weighted by Gasteiger charge is -2.36. The van der Waals surface area contributed by atoms with Gasteiger partial charge in [-0.2, -0.15) is 10.2 Å². The van der Waals surface area contributed by atoms with Gasteiger partial charge in [-0.15, -0.1) is 0 Å². The maximum Gasteiger partial charge on any atom is 0.131 e. The van der Waals surface area contributed by atoms with E-state index in [2.05, 4.69) is 60.1 Å². The number of aryl methyl sites for hydroxylation is 3. The van der Waals surface area contributed by atoms with Crippen molar-refractivity contribution in [2.45, 2.75) is 53.1 Å². The van der Waals surface area contributed by atoms with Gasteiger partial charge < -0.3 is 5.32 Å². The summed E-state index contributed by atoms with van der Waals surface area (Å²) in [7, 11) is 1.88. The fourth-order valence-electron chi connectivity index (χ4n) is 4.23. The molecule has 5 nitrogen and oxygen atoms in total. The molecule has 148 valence electrons. The predicted octanol–water partition coefficient (Wildman–Crippen LogP) is 4.68. The highest BCUT2D eigenvalue weighted by molar-refractivity contribution is 6.30. The molecule has 28 heavy (non-hydrogen) atoms. The van der Waals surface area contributed by atoms with Crippen molar-refractivity contribution >= 4 is 11.6 Å². The quantitative estimate of drug-likeness (QED) is 0.695. The van der Waals surface area contributed by atoms with Crippen molar-refractivity contribution in [2.75, 3.05) is 0 Å². The molecule has 0 amide bonds. The highest BCUT2D eigenvalue weighted by atomic mass is 35.5. The maximum atomic E-state index is 6.43. The molecule has 0 spiro atoms. The molecule has 2 heterocycles. The van der Waals surface area contributed by atoms with Crippen molar-refractivity contribution in [3.8, 4) is 5.69 Å². The molecule has 0 saturated heterocycles. The Labute approximate surface area is 171 Å². The molecule has 0 radical (unpaired) electrons. The van der Waals surface area contributed by atoms with Crippen LogP contribution in [0.3, 0.4) is 0 Å². The summed E-state index contributed by atoms with van der Waals surface area (Å²) in [4.78, 5) is 0. The van der Waals surface area contributed by atoms with E-state index in [-0.39, 0.29) is 11.5 Å². The highest BCUT2D eigenvalue weighted by Crippen LogP contribution is 2.41. The number of fused-ring (bicyclic) bond motifs is 1. The molecule has 6 heteroatoms. The molecule has 4 rings (SSSR count). The van der Waals surface area contributed by atoms with E-state index in [9.17, 15) is 0 Å². The third-order valence-corrected chi connectivity index (χ3v) is 6.23. The molecule has 0 saturated carbocycles. The average Bonchev–Trinajstić information content (AvgIpc) is 3.14. The highest BCUT2D eigenvalue weighted by Gasteiger charge is 2.35. The number of benzene rings is 1. The molecule has 2 aromatic heterocycles. The van der Waals surface area contributed by atoms with Crippen LogP contribution in [0.15, 0.2) is 30.5 Å². The largest absolute Gasteiger partial charge is 0.306 e. The van der Waals surface area contributed by atoms with Crippen LogP contribution >= 0.6 is 11.6 Å². The van der Waals surface area contributed by atoms with Crippen LogP contribution in [0.2, 0.25) is 5.15 Å². The summed E-state index contributed by atoms with van der Waals surface area (Å²) in [5.41, 5.74) is 7.21. The Morgan fingerprint density at radius 2 is 1.93 bits per heavy atom. The van der Waals surface area contributed by atoms with Gasteiger partial charge in [0.1, 0.15) is 5.15 Å². The number of nitrogens with one attached hydrogen (secondary N) is 1. The van der Waals surface area contributed by atoms with Crippen LogP contribution in [0.4, 0.5) is 0 Å². The second kappa shape index (κ2) is 7.05. The summed E-state index contributed by atoms with van der Waals surface area (Å²) in [6, 6.07) is 8.81. The first-order valence-electron chi connectivity index (χ1n) is 9.80. The lowest BCUT2D eigenvalue weighted by molar-refractivity contribution is 0.252. The van der Waals surface area contributed by atoms with Crippen molar-refractivity contribution in [1.29, 1.82) is 0 Å². The average molecular weight is 398 g/mol. The third kappa shape index (κ3) is 3.49. The van der Waals surface area contributed by atoms with E-state index in [1.807, 2.05) is 20.2 Å². The van der Waals surface area contributed by atoms with E-state index in [4.69, 9.17) is 16.7 Å². The molecule has 1 aliphatic carbocycles. The standard InChI is InChI=1S/C22H28ClN5/c1-14-6-8-16(9-7-14)28-20-11-22(3,4)10-19(18(20)13-25-28)24-12-17-15(2)26-27(5)21(17)23/h6-9,13,19,24H,10-12H2,1-5H3/t19-/m0/s1. The third-order valence-electron chi connectivity index (χ3n) is 5.75. The number of halogens is 1. The van der Waals surface area contributed by atoms with Crippen LogP contribution < -0.4 is 5.32 Å². The molecule has 1 N–H and O–H groups in total. The van der Waals surface area contributed by atoms with Gasteiger partial charge >= 0.3 is 0 Å². The van der Waals surface area contributed by atoms with E-state index >= 15 is 0 Å². The van der Waals surface area contributed by atoms with Gasteiger partial charge in [-0.3, -0.25) is 4.68 Å². The normalized spacial score (nSPS) is 18.3. The summed E-state index contributed by atoms with van der Waals surface area (Å²) in [5, 5.41) is 13.6. The number of nitrogens with zero attached hydrogens (tertiary/aromatic N) is 4. The lowest BCUT2D eigenvalue weighted by atomic mass is 9.74. The molecule has 3 aromatic rings. The summed E-state index contributed by atoms with van der Waals surface area (Å²) in [6.45, 7) is 9.48. The van der Waals surface area contributed by atoms with Crippen molar-refractivity contribution in [3.05, 3.63) is 63.7 Å². The van der Waals surface area contributed by atoms with E-state index in [1.165, 1.54) is 16.8 Å². The van der Waals surface area contributed by atoms with Crippen molar-refractivity contribution in [2.24, 2.45) is 12.5 Å². The Morgan fingerprint density at radius 1 is 1.21 bits per heavy atom. The van der Waals surface area contributed by atoms with Gasteiger partial charge in [0.25, 0.3) is 0 Å². The summed E-state index contributed by atoms with van der Waals surface area (Å²) < 4.78 is 3.84. The molecule has 1 aliphatic rings. The Kier molecular flexibility index (Phi) is 4.84. The van der Waals surface area contributed by atoms with Crippen molar-refractivity contribution in [1.82, 2.24) is 24.9 Å². The molecule has 0 fully saturated rings. The van der Waals surface area contributed by atoms with Crippen molar-refractivity contribution < 1.29 is 0 Å². The molecule has 0 aliphatic heterocycles. The first-order valence-corrected chi connectivity index (χ1v) is 10.2. The number of hydrogen-bond donors (Lipinski definition) is 1. The Bertz CT molecular complexity index is 997. The minimum atomic E-state index is 0.195. The van der Waals surface area contributed by atoms with Crippen LogP contribution in [-0.2, 0) is 20.0 Å². The zero-order valence-corrected chi connectivity index (χ0v) is 18.0. The van der Waals surface area contributed by atoms with Crippen LogP contribution in [-0.4, -0.2) is 19.6 Å². The lowest BCUT2D eigenvalue weighted by Crippen LogP contribution is -2.33. The molecule has 0 unspecified atom stereocenters. The second-order valence-corrected chi connectivity index (χ2v) is 9.11. The van der Waals surface area contributed by atoms with E-state index in [1.54, 1.807) is 4.68 Å². The van der Waals surface area contributed by atoms with Gasteiger partial charge in [-0.05, 0) is 44.2 Å². The van der Waals surface area contributed by atoms with Crippen LogP contribution in [0, 0.1) is 19.3 Å². The molecular weight excluding hydrogens is 370 g/mol. The fraction of sp³-hybridized carbons (Fsp3) is 0.455. The number of aromatic nitrogens is 4. The smallest absolute Gasteiger partial charge is 0.131 e. The van der Waals surface area contributed by atoms with E-state index in [0.29, 0.717) is 11.7 Å². The van der Waals surface area contributed by atoms with Crippen LogP contribution in [0.5, 0.6) is 0 Å². The summed E-state index contributed by atoms with van der Waals surface area (Å²) in [6.07, 6.45) is 4.11. The number of rotatable bonds is 4. The zero-order chi connectivity index (χ0) is 20.1. The van der Waals surface area contributed by atoms with E-state index in [0.717, 1.165) is 29.8 Å². The first-order chi connectivity index (χ1) is 13.2. The SMILES string of the molecule is Cc1ccc(-n2ncc3c2CC(C)(C)C[C@@H]3NCc2c(C)nn(C)c2Cl)cc1. The topological polar surface area (TPSA) is 47.7 Å². The Hall–Kier alpha value is -2.11. The van der Waals surface area contributed by atoms with Gasteiger partial charge in [0.15, 0.2) is 0 Å². The minimum Gasteiger partial charge on any atom is -0.306 e. The molecular formula is C22H28ClN5. The summed E-state index contributed by atoms with van der Waals surface area (Å²) >= 11 is 6.43. The molecule has 1 atom stereocenters. The van der Waals surface area contributed by atoms with Crippen LogP contribution in [0.1, 0.15) is 54.4 Å². The first kappa shape index (κ1) is 19.2. The van der Waals surface area contributed by atoms with Gasteiger partial charge in [-0.1, -0.05) is 43.1 Å². The van der Waals surface area contributed by atoms with E-state index < -0.39 is 0 Å². The van der Waals surface area contributed by atoms with Gasteiger partial charge in [0.05, 0.1) is 17.6 Å². The van der Waals surface area contributed by atoms with Crippen LogP contribution in [0.25, 0.3) is 5.69 Å². The Balaban J connectivity index is 1.65. The fourth-order valence-corrected chi connectivity index (χ4v) is 4.47. The zero-order valence-electron chi connectivity index (χ0n) is 17.3. The molecule has 1 aromatic carbocycles. The summed E-state index contributed by atoms with van der Waals surface area (Å²) in [5.74, 6) is 0. The minimum absolute atomic E-state index is 0.195. The van der Waals surface area contributed by atoms with Crippen molar-refractivity contribution in [3.63, 3.8) is 0 Å². The predicted molar refractivity (Wildman–Crippen MR) is 113 cm³/mol. The second-order valence-electron chi connectivity index (χ2n) is 8.75. The molecule has 0 bridgehead atoms. The Morgan fingerprint density at radius 3 is 2.57 bits per heavy atom. The maximum absolute atomic E-state index is 6.43.